The summed E-state index contributed by atoms with van der Waals surface area (Å²) in [7, 11) is 0. The number of nitrogens with zero attached hydrogens (tertiary/aromatic N) is 2. The standard InChI is InChI=1S/C20H16N2O3/c23-18-10-5-4-9-15(18)17-13-16(19-11-6-12-25-19)21-22(17)20(24)14-7-2-1-3-8-14/h1-12,17,23H,13H2/t17-/m1/s1. The molecule has 25 heavy (non-hydrogen) atoms. The van der Waals surface area contributed by atoms with Gasteiger partial charge in [-0.15, -0.1) is 0 Å². The summed E-state index contributed by atoms with van der Waals surface area (Å²) in [6.45, 7) is 0. The molecule has 0 radical (unpaired) electrons. The molecule has 0 spiro atoms. The van der Waals surface area contributed by atoms with E-state index in [1.54, 1.807) is 36.6 Å². The van der Waals surface area contributed by atoms with Crippen LogP contribution in [0.2, 0.25) is 0 Å². The molecule has 0 bridgehead atoms. The zero-order valence-corrected chi connectivity index (χ0v) is 13.4. The van der Waals surface area contributed by atoms with Crippen molar-refractivity contribution in [3.05, 3.63) is 89.9 Å². The van der Waals surface area contributed by atoms with Crippen LogP contribution in [0.3, 0.4) is 0 Å². The molecule has 3 aromatic rings. The van der Waals surface area contributed by atoms with Gasteiger partial charge in [-0.1, -0.05) is 36.4 Å². The largest absolute Gasteiger partial charge is 0.508 e. The van der Waals surface area contributed by atoms with Gasteiger partial charge < -0.3 is 9.52 Å². The summed E-state index contributed by atoms with van der Waals surface area (Å²) in [5, 5.41) is 16.2. The Kier molecular flexibility index (Phi) is 3.82. The molecule has 0 unspecified atom stereocenters. The lowest BCUT2D eigenvalue weighted by molar-refractivity contribution is 0.0709. The SMILES string of the molecule is O=C(c1ccccc1)N1N=C(c2ccco2)C[C@@H]1c1ccccc1O. The van der Waals surface area contributed by atoms with Crippen LogP contribution in [0.25, 0.3) is 0 Å². The Morgan fingerprint density at radius 3 is 2.52 bits per heavy atom. The Bertz CT molecular complexity index is 917. The van der Waals surface area contributed by atoms with Gasteiger partial charge in [0.1, 0.15) is 17.2 Å². The average Bonchev–Trinajstić information content (AvgIpc) is 3.32. The number of benzene rings is 2. The first-order chi connectivity index (χ1) is 12.2. The summed E-state index contributed by atoms with van der Waals surface area (Å²) < 4.78 is 5.43. The fourth-order valence-electron chi connectivity index (χ4n) is 3.01. The molecular formula is C20H16N2O3. The van der Waals surface area contributed by atoms with E-state index < -0.39 is 0 Å². The van der Waals surface area contributed by atoms with Crippen LogP contribution < -0.4 is 0 Å². The number of carbonyl (C=O) groups excluding carboxylic acids is 1. The highest BCUT2D eigenvalue weighted by Crippen LogP contribution is 2.37. The Morgan fingerprint density at radius 2 is 1.80 bits per heavy atom. The molecule has 0 aliphatic carbocycles. The molecule has 1 aromatic heterocycles. The van der Waals surface area contributed by atoms with E-state index in [1.165, 1.54) is 5.01 Å². The van der Waals surface area contributed by atoms with E-state index in [-0.39, 0.29) is 17.7 Å². The van der Waals surface area contributed by atoms with Crippen molar-refractivity contribution >= 4 is 11.6 Å². The van der Waals surface area contributed by atoms with Crippen molar-refractivity contribution in [2.45, 2.75) is 12.5 Å². The lowest BCUT2D eigenvalue weighted by Crippen LogP contribution is -2.27. The van der Waals surface area contributed by atoms with Gasteiger partial charge in [-0.05, 0) is 30.3 Å². The van der Waals surface area contributed by atoms with Gasteiger partial charge in [-0.3, -0.25) is 4.79 Å². The minimum absolute atomic E-state index is 0.147. The van der Waals surface area contributed by atoms with Gasteiger partial charge >= 0.3 is 0 Å². The summed E-state index contributed by atoms with van der Waals surface area (Å²) in [6, 6.07) is 19.2. The van der Waals surface area contributed by atoms with E-state index in [4.69, 9.17) is 4.42 Å². The fraction of sp³-hybridized carbons (Fsp3) is 0.100. The molecule has 0 saturated carbocycles. The highest BCUT2D eigenvalue weighted by Gasteiger charge is 2.35. The molecule has 5 heteroatoms. The van der Waals surface area contributed by atoms with Gasteiger partial charge in [0.2, 0.25) is 0 Å². The molecule has 1 aliphatic rings. The van der Waals surface area contributed by atoms with Crippen LogP contribution in [0.4, 0.5) is 0 Å². The van der Waals surface area contributed by atoms with Crippen LogP contribution in [-0.4, -0.2) is 21.7 Å². The normalized spacial score (nSPS) is 16.7. The number of hydrogen-bond acceptors (Lipinski definition) is 4. The van der Waals surface area contributed by atoms with E-state index in [2.05, 4.69) is 5.10 Å². The van der Waals surface area contributed by atoms with Crippen LogP contribution in [0.15, 0.2) is 82.5 Å². The van der Waals surface area contributed by atoms with Crippen LogP contribution >= 0.6 is 0 Å². The number of phenols is 1. The van der Waals surface area contributed by atoms with Crippen LogP contribution in [0.5, 0.6) is 5.75 Å². The fourth-order valence-corrected chi connectivity index (χ4v) is 3.01. The van der Waals surface area contributed by atoms with Gasteiger partial charge in [0.15, 0.2) is 0 Å². The van der Waals surface area contributed by atoms with E-state index in [0.717, 1.165) is 0 Å². The summed E-state index contributed by atoms with van der Waals surface area (Å²) >= 11 is 0. The van der Waals surface area contributed by atoms with Crippen molar-refractivity contribution in [3.63, 3.8) is 0 Å². The number of phenolic OH excluding ortho intramolecular Hbond substituents is 1. The molecule has 2 aromatic carbocycles. The quantitative estimate of drug-likeness (QED) is 0.789. The monoisotopic (exact) mass is 332 g/mol. The smallest absolute Gasteiger partial charge is 0.274 e. The Hall–Kier alpha value is -3.34. The molecule has 0 saturated heterocycles. The average molecular weight is 332 g/mol. The molecular weight excluding hydrogens is 316 g/mol. The topological polar surface area (TPSA) is 66.0 Å². The number of amides is 1. The molecule has 1 atom stereocenters. The predicted octanol–water partition coefficient (Wildman–Crippen LogP) is 3.98. The molecule has 5 nitrogen and oxygen atoms in total. The zero-order chi connectivity index (χ0) is 17.2. The van der Waals surface area contributed by atoms with Crippen molar-refractivity contribution in [3.8, 4) is 5.75 Å². The first-order valence-corrected chi connectivity index (χ1v) is 8.02. The maximum Gasteiger partial charge on any atom is 0.274 e. The van der Waals surface area contributed by atoms with E-state index in [1.807, 2.05) is 36.4 Å². The number of hydrazone groups is 1. The van der Waals surface area contributed by atoms with Crippen LogP contribution in [-0.2, 0) is 0 Å². The van der Waals surface area contributed by atoms with Crippen molar-refractivity contribution in [2.75, 3.05) is 0 Å². The number of hydrogen-bond donors (Lipinski definition) is 1. The van der Waals surface area contributed by atoms with Crippen LogP contribution in [0.1, 0.15) is 34.1 Å². The lowest BCUT2D eigenvalue weighted by Gasteiger charge is -2.22. The van der Waals surface area contributed by atoms with E-state index >= 15 is 0 Å². The molecule has 4 rings (SSSR count). The number of aromatic hydroxyl groups is 1. The predicted molar refractivity (Wildman–Crippen MR) is 93.3 cm³/mol. The van der Waals surface area contributed by atoms with Crippen molar-refractivity contribution in [1.29, 1.82) is 0 Å². The summed E-state index contributed by atoms with van der Waals surface area (Å²) in [5.74, 6) is 0.563. The molecule has 124 valence electrons. The van der Waals surface area contributed by atoms with Crippen molar-refractivity contribution < 1.29 is 14.3 Å². The summed E-state index contributed by atoms with van der Waals surface area (Å²) in [6.07, 6.45) is 2.05. The number of carbonyl (C=O) groups is 1. The van der Waals surface area contributed by atoms with E-state index in [0.29, 0.717) is 29.0 Å². The minimum atomic E-state index is -0.381. The Balaban J connectivity index is 1.75. The lowest BCUT2D eigenvalue weighted by atomic mass is 9.99. The second-order valence-corrected chi connectivity index (χ2v) is 5.82. The molecule has 2 heterocycles. The van der Waals surface area contributed by atoms with Gasteiger partial charge in [-0.2, -0.15) is 5.10 Å². The van der Waals surface area contributed by atoms with Gasteiger partial charge in [-0.25, -0.2) is 5.01 Å². The second kappa shape index (κ2) is 6.28. The number of para-hydroxylation sites is 1. The van der Waals surface area contributed by atoms with E-state index in [9.17, 15) is 9.90 Å². The third kappa shape index (κ3) is 2.80. The molecule has 1 N–H and O–H groups in total. The first kappa shape index (κ1) is 15.2. The Labute approximate surface area is 144 Å². The maximum absolute atomic E-state index is 13.0. The molecule has 0 fully saturated rings. The summed E-state index contributed by atoms with van der Waals surface area (Å²) in [5.41, 5.74) is 1.90. The highest BCUT2D eigenvalue weighted by molar-refractivity contribution is 6.03. The number of furan rings is 1. The van der Waals surface area contributed by atoms with Gasteiger partial charge in [0, 0.05) is 17.5 Å². The van der Waals surface area contributed by atoms with Gasteiger partial charge in [0.25, 0.3) is 5.91 Å². The zero-order valence-electron chi connectivity index (χ0n) is 13.4. The van der Waals surface area contributed by atoms with Crippen molar-refractivity contribution in [1.82, 2.24) is 5.01 Å². The van der Waals surface area contributed by atoms with Crippen molar-refractivity contribution in [2.24, 2.45) is 5.10 Å². The molecule has 1 aliphatic heterocycles. The maximum atomic E-state index is 13.0. The van der Waals surface area contributed by atoms with Gasteiger partial charge in [0.05, 0.1) is 12.3 Å². The highest BCUT2D eigenvalue weighted by atomic mass is 16.3. The minimum Gasteiger partial charge on any atom is -0.508 e. The Morgan fingerprint density at radius 1 is 1.04 bits per heavy atom. The second-order valence-electron chi connectivity index (χ2n) is 5.82. The summed E-state index contributed by atoms with van der Waals surface area (Å²) in [4.78, 5) is 13.0. The third-order valence-electron chi connectivity index (χ3n) is 4.24. The molecule has 1 amide bonds. The third-order valence-corrected chi connectivity index (χ3v) is 4.24. The first-order valence-electron chi connectivity index (χ1n) is 8.02. The number of rotatable bonds is 3. The van der Waals surface area contributed by atoms with Crippen LogP contribution in [0, 0.1) is 0 Å².